The fraction of sp³-hybridized carbons (Fsp3) is 0.160. The molecule has 8 heteroatoms. The Labute approximate surface area is 190 Å². The largest absolute Gasteiger partial charge is 0.489 e. The van der Waals surface area contributed by atoms with E-state index in [0.29, 0.717) is 28.5 Å². The van der Waals surface area contributed by atoms with E-state index in [0.717, 1.165) is 5.39 Å². The number of nitrogens with one attached hydrogen (secondary N) is 1. The highest BCUT2D eigenvalue weighted by Crippen LogP contribution is 2.35. The summed E-state index contributed by atoms with van der Waals surface area (Å²) < 4.78 is 17.0. The SMILES string of the molecule is C.CN1C(=O)[C@@H](NC(=O)c2cc(Oc3ccccc3)ccn2)COc2cc3occc3cc21. The van der Waals surface area contributed by atoms with E-state index in [2.05, 4.69) is 10.3 Å². The van der Waals surface area contributed by atoms with Gasteiger partial charge in [-0.05, 0) is 30.3 Å². The molecule has 168 valence electrons. The Morgan fingerprint density at radius 1 is 1.12 bits per heavy atom. The molecule has 1 N–H and O–H groups in total. The van der Waals surface area contributed by atoms with Gasteiger partial charge in [-0.3, -0.25) is 14.6 Å². The van der Waals surface area contributed by atoms with Crippen molar-refractivity contribution < 1.29 is 23.5 Å². The second-order valence-electron chi connectivity index (χ2n) is 7.30. The van der Waals surface area contributed by atoms with Crippen LogP contribution < -0.4 is 19.7 Å². The molecule has 0 unspecified atom stereocenters. The summed E-state index contributed by atoms with van der Waals surface area (Å²) in [4.78, 5) is 31.4. The first-order valence-electron chi connectivity index (χ1n) is 10.00. The van der Waals surface area contributed by atoms with Gasteiger partial charge in [-0.1, -0.05) is 25.6 Å². The normalized spacial score (nSPS) is 15.1. The van der Waals surface area contributed by atoms with Crippen molar-refractivity contribution in [1.82, 2.24) is 10.3 Å². The van der Waals surface area contributed by atoms with Crippen molar-refractivity contribution in [2.24, 2.45) is 0 Å². The van der Waals surface area contributed by atoms with Gasteiger partial charge in [0.25, 0.3) is 11.8 Å². The predicted octanol–water partition coefficient (Wildman–Crippen LogP) is 4.41. The van der Waals surface area contributed by atoms with Crippen LogP contribution in [0.2, 0.25) is 0 Å². The minimum atomic E-state index is -0.883. The molecule has 0 spiro atoms. The number of carbonyl (C=O) groups excluding carboxylic acids is 2. The highest BCUT2D eigenvalue weighted by atomic mass is 16.5. The van der Waals surface area contributed by atoms with Gasteiger partial charge in [-0.25, -0.2) is 0 Å². The number of carbonyl (C=O) groups is 2. The third-order valence-corrected chi connectivity index (χ3v) is 5.18. The summed E-state index contributed by atoms with van der Waals surface area (Å²) in [6.07, 6.45) is 3.06. The molecule has 8 nitrogen and oxygen atoms in total. The molecule has 0 aliphatic carbocycles. The standard InChI is InChI=1S/C24H19N3O5.CH4/c1-27-20-11-15-8-10-30-21(15)13-22(20)31-14-19(24(27)29)26-23(28)18-12-17(7-9-25-18)32-16-5-3-2-4-6-16;/h2-13,19H,14H2,1H3,(H,26,28);1H4/t19-;/m0./s1. The number of likely N-dealkylation sites (N-methyl/N-ethyl adjacent to an activating group) is 1. The van der Waals surface area contributed by atoms with Crippen LogP contribution in [-0.2, 0) is 4.79 Å². The molecular weight excluding hydrogens is 422 g/mol. The molecule has 3 heterocycles. The minimum absolute atomic E-state index is 0. The molecule has 1 atom stereocenters. The van der Waals surface area contributed by atoms with Gasteiger partial charge >= 0.3 is 0 Å². The molecule has 2 amide bonds. The quantitative estimate of drug-likeness (QED) is 0.500. The second-order valence-corrected chi connectivity index (χ2v) is 7.30. The molecule has 33 heavy (non-hydrogen) atoms. The van der Waals surface area contributed by atoms with Crippen LogP contribution in [0.25, 0.3) is 11.0 Å². The number of anilines is 1. The molecule has 0 bridgehead atoms. The first-order chi connectivity index (χ1) is 15.6. The average Bonchev–Trinajstić information content (AvgIpc) is 3.24. The number of ether oxygens (including phenoxy) is 2. The van der Waals surface area contributed by atoms with E-state index in [1.165, 1.54) is 17.2 Å². The van der Waals surface area contributed by atoms with Crippen molar-refractivity contribution in [3.8, 4) is 17.2 Å². The topological polar surface area (TPSA) is 93.9 Å². The Morgan fingerprint density at radius 3 is 2.76 bits per heavy atom. The van der Waals surface area contributed by atoms with Crippen molar-refractivity contribution in [3.63, 3.8) is 0 Å². The zero-order valence-electron chi connectivity index (χ0n) is 17.1. The monoisotopic (exact) mass is 445 g/mol. The molecule has 5 rings (SSSR count). The van der Waals surface area contributed by atoms with E-state index < -0.39 is 11.9 Å². The fourth-order valence-electron chi connectivity index (χ4n) is 3.51. The summed E-state index contributed by atoms with van der Waals surface area (Å²) in [6.45, 7) is -0.0195. The summed E-state index contributed by atoms with van der Waals surface area (Å²) in [7, 11) is 1.65. The fourth-order valence-corrected chi connectivity index (χ4v) is 3.51. The summed E-state index contributed by atoms with van der Waals surface area (Å²) in [5, 5.41) is 3.58. The number of hydrogen-bond acceptors (Lipinski definition) is 6. The lowest BCUT2D eigenvalue weighted by Crippen LogP contribution is -2.49. The molecule has 0 fully saturated rings. The van der Waals surface area contributed by atoms with Crippen LogP contribution in [0.1, 0.15) is 17.9 Å². The van der Waals surface area contributed by atoms with Crippen molar-refractivity contribution in [1.29, 1.82) is 0 Å². The third-order valence-electron chi connectivity index (χ3n) is 5.18. The van der Waals surface area contributed by atoms with Crippen molar-refractivity contribution >= 4 is 28.5 Å². The molecule has 4 aromatic rings. The third kappa shape index (κ3) is 4.36. The van der Waals surface area contributed by atoms with Gasteiger partial charge in [-0.2, -0.15) is 0 Å². The minimum Gasteiger partial charge on any atom is -0.489 e. The molecule has 0 radical (unpaired) electrons. The first-order valence-corrected chi connectivity index (χ1v) is 10.00. The lowest BCUT2D eigenvalue weighted by atomic mass is 10.2. The van der Waals surface area contributed by atoms with Crippen molar-refractivity contribution in [3.05, 3.63) is 78.8 Å². The summed E-state index contributed by atoms with van der Waals surface area (Å²) in [5.74, 6) is 0.820. The number of hydrogen-bond donors (Lipinski definition) is 1. The van der Waals surface area contributed by atoms with Gasteiger partial charge in [0.2, 0.25) is 0 Å². The van der Waals surface area contributed by atoms with Crippen LogP contribution in [0.3, 0.4) is 0 Å². The number of pyridine rings is 1. The van der Waals surface area contributed by atoms with Gasteiger partial charge < -0.3 is 24.1 Å². The molecule has 1 aliphatic heterocycles. The number of nitrogens with zero attached hydrogens (tertiary/aromatic N) is 2. The van der Waals surface area contributed by atoms with Crippen LogP contribution >= 0.6 is 0 Å². The number of benzene rings is 2. The van der Waals surface area contributed by atoms with Gasteiger partial charge in [0, 0.05) is 30.8 Å². The average molecular weight is 445 g/mol. The molecule has 1 aliphatic rings. The lowest BCUT2D eigenvalue weighted by Gasteiger charge is -2.20. The van der Waals surface area contributed by atoms with E-state index in [1.807, 2.05) is 42.5 Å². The van der Waals surface area contributed by atoms with E-state index >= 15 is 0 Å². The van der Waals surface area contributed by atoms with E-state index in [4.69, 9.17) is 13.9 Å². The Kier molecular flexibility index (Phi) is 5.99. The maximum Gasteiger partial charge on any atom is 0.270 e. The van der Waals surface area contributed by atoms with Crippen LogP contribution in [-0.4, -0.2) is 36.5 Å². The lowest BCUT2D eigenvalue weighted by molar-refractivity contribution is -0.120. The van der Waals surface area contributed by atoms with E-state index in [-0.39, 0.29) is 25.6 Å². The van der Waals surface area contributed by atoms with Crippen LogP contribution in [0.4, 0.5) is 5.69 Å². The Bertz CT molecular complexity index is 1300. The highest BCUT2D eigenvalue weighted by Gasteiger charge is 2.31. The smallest absolute Gasteiger partial charge is 0.270 e. The highest BCUT2D eigenvalue weighted by molar-refractivity contribution is 6.04. The summed E-state index contributed by atoms with van der Waals surface area (Å²) in [5.41, 5.74) is 1.40. The van der Waals surface area contributed by atoms with Crippen LogP contribution in [0.15, 0.2) is 77.5 Å². The van der Waals surface area contributed by atoms with Gasteiger partial charge in [0.05, 0.1) is 12.0 Å². The van der Waals surface area contributed by atoms with Crippen molar-refractivity contribution in [2.75, 3.05) is 18.6 Å². The predicted molar refractivity (Wildman–Crippen MR) is 124 cm³/mol. The van der Waals surface area contributed by atoms with Gasteiger partial charge in [0.1, 0.15) is 41.2 Å². The van der Waals surface area contributed by atoms with E-state index in [1.54, 1.807) is 25.4 Å². The number of para-hydroxylation sites is 1. The maximum atomic E-state index is 13.0. The van der Waals surface area contributed by atoms with Crippen molar-refractivity contribution in [2.45, 2.75) is 13.5 Å². The molecule has 0 saturated carbocycles. The first kappa shape index (κ1) is 21.9. The van der Waals surface area contributed by atoms with Crippen LogP contribution in [0.5, 0.6) is 17.2 Å². The number of aromatic nitrogens is 1. The van der Waals surface area contributed by atoms with Gasteiger partial charge in [-0.15, -0.1) is 0 Å². The van der Waals surface area contributed by atoms with Crippen LogP contribution in [0, 0.1) is 0 Å². The number of amides is 2. The molecule has 0 saturated heterocycles. The molecule has 2 aromatic carbocycles. The number of furan rings is 1. The Balaban J connectivity index is 0.00000259. The second kappa shape index (κ2) is 9.04. The van der Waals surface area contributed by atoms with E-state index in [9.17, 15) is 9.59 Å². The number of fused-ring (bicyclic) bond motifs is 2. The maximum absolute atomic E-state index is 13.0. The zero-order valence-corrected chi connectivity index (χ0v) is 17.1. The zero-order chi connectivity index (χ0) is 22.1. The summed E-state index contributed by atoms with van der Waals surface area (Å²) >= 11 is 0. The van der Waals surface area contributed by atoms with Gasteiger partial charge in [0.15, 0.2) is 0 Å². The molecular formula is C25H23N3O5. The summed E-state index contributed by atoms with van der Waals surface area (Å²) in [6, 6.07) is 16.9. The molecule has 2 aromatic heterocycles. The Morgan fingerprint density at radius 2 is 1.94 bits per heavy atom. The Hall–Kier alpha value is -4.33. The number of rotatable bonds is 4.